The summed E-state index contributed by atoms with van der Waals surface area (Å²) in [4.78, 5) is 12.6. The minimum Gasteiger partial charge on any atom is -0.319 e. The van der Waals surface area contributed by atoms with Crippen molar-refractivity contribution in [3.8, 4) is 0 Å². The Balaban J connectivity index is 1.86. The van der Waals surface area contributed by atoms with Gasteiger partial charge in [-0.3, -0.25) is 4.79 Å². The van der Waals surface area contributed by atoms with Gasteiger partial charge in [-0.15, -0.1) is 0 Å². The van der Waals surface area contributed by atoms with Gasteiger partial charge in [0.2, 0.25) is 0 Å². The van der Waals surface area contributed by atoms with E-state index in [0.29, 0.717) is 12.0 Å². The SMILES string of the molecule is Cc1ccc(F)c(NC(=O)c2ccccc2Cc2ccccc2)c1. The van der Waals surface area contributed by atoms with E-state index < -0.39 is 5.82 Å². The van der Waals surface area contributed by atoms with E-state index in [0.717, 1.165) is 16.7 Å². The number of rotatable bonds is 4. The second-order valence-electron chi connectivity index (χ2n) is 5.76. The smallest absolute Gasteiger partial charge is 0.256 e. The van der Waals surface area contributed by atoms with Crippen LogP contribution in [-0.4, -0.2) is 5.91 Å². The lowest BCUT2D eigenvalue weighted by molar-refractivity contribution is 0.102. The third kappa shape index (κ3) is 3.69. The van der Waals surface area contributed by atoms with Crippen molar-refractivity contribution in [3.63, 3.8) is 0 Å². The highest BCUT2D eigenvalue weighted by molar-refractivity contribution is 6.05. The summed E-state index contributed by atoms with van der Waals surface area (Å²) in [5.41, 5.74) is 3.69. The van der Waals surface area contributed by atoms with Gasteiger partial charge >= 0.3 is 0 Å². The fraction of sp³-hybridized carbons (Fsp3) is 0.0952. The van der Waals surface area contributed by atoms with Crippen molar-refractivity contribution in [3.05, 3.63) is 101 Å². The number of anilines is 1. The van der Waals surface area contributed by atoms with Gasteiger partial charge in [0.05, 0.1) is 5.69 Å². The molecule has 1 N–H and O–H groups in total. The topological polar surface area (TPSA) is 29.1 Å². The molecule has 0 aliphatic heterocycles. The van der Waals surface area contributed by atoms with E-state index in [4.69, 9.17) is 0 Å². The second-order valence-corrected chi connectivity index (χ2v) is 5.76. The van der Waals surface area contributed by atoms with Gasteiger partial charge < -0.3 is 5.32 Å². The molecule has 0 bridgehead atoms. The zero-order valence-corrected chi connectivity index (χ0v) is 13.4. The number of amides is 1. The van der Waals surface area contributed by atoms with Gasteiger partial charge in [-0.05, 0) is 48.2 Å². The summed E-state index contributed by atoms with van der Waals surface area (Å²) in [6, 6.07) is 22.0. The highest BCUT2D eigenvalue weighted by atomic mass is 19.1. The third-order valence-electron chi connectivity index (χ3n) is 3.87. The van der Waals surface area contributed by atoms with Gasteiger partial charge in [-0.2, -0.15) is 0 Å². The average molecular weight is 319 g/mol. The van der Waals surface area contributed by atoms with Crippen LogP contribution in [0.3, 0.4) is 0 Å². The number of carbonyl (C=O) groups is 1. The molecule has 0 aliphatic rings. The van der Waals surface area contributed by atoms with Crippen LogP contribution in [0, 0.1) is 12.7 Å². The molecular weight excluding hydrogens is 301 g/mol. The molecule has 24 heavy (non-hydrogen) atoms. The molecule has 1 amide bonds. The third-order valence-corrected chi connectivity index (χ3v) is 3.87. The van der Waals surface area contributed by atoms with Crippen molar-refractivity contribution in [1.29, 1.82) is 0 Å². The quantitative estimate of drug-likeness (QED) is 0.722. The van der Waals surface area contributed by atoms with Crippen molar-refractivity contribution < 1.29 is 9.18 Å². The van der Waals surface area contributed by atoms with E-state index in [2.05, 4.69) is 5.32 Å². The van der Waals surface area contributed by atoms with Crippen LogP contribution in [0.15, 0.2) is 72.8 Å². The number of hydrogen-bond acceptors (Lipinski definition) is 1. The summed E-state index contributed by atoms with van der Waals surface area (Å²) in [6.07, 6.45) is 0.654. The predicted molar refractivity (Wildman–Crippen MR) is 94.8 cm³/mol. The Bertz CT molecular complexity index is 859. The summed E-state index contributed by atoms with van der Waals surface area (Å²) in [5, 5.41) is 2.68. The first-order chi connectivity index (χ1) is 11.6. The molecule has 3 aromatic carbocycles. The van der Waals surface area contributed by atoms with Crippen LogP contribution in [0.1, 0.15) is 27.0 Å². The van der Waals surface area contributed by atoms with Crippen molar-refractivity contribution >= 4 is 11.6 Å². The Kier molecular flexibility index (Phi) is 4.71. The zero-order valence-electron chi connectivity index (χ0n) is 13.4. The largest absolute Gasteiger partial charge is 0.319 e. The molecule has 0 saturated heterocycles. The van der Waals surface area contributed by atoms with Crippen molar-refractivity contribution in [2.75, 3.05) is 5.32 Å². The molecule has 0 unspecified atom stereocenters. The van der Waals surface area contributed by atoms with Crippen LogP contribution in [0.5, 0.6) is 0 Å². The number of benzene rings is 3. The van der Waals surface area contributed by atoms with Crippen LogP contribution in [0.25, 0.3) is 0 Å². The van der Waals surface area contributed by atoms with E-state index in [9.17, 15) is 9.18 Å². The van der Waals surface area contributed by atoms with Crippen LogP contribution in [0.4, 0.5) is 10.1 Å². The summed E-state index contributed by atoms with van der Waals surface area (Å²) >= 11 is 0. The number of halogens is 1. The van der Waals surface area contributed by atoms with E-state index in [1.54, 1.807) is 18.2 Å². The number of aryl methyl sites for hydroxylation is 1. The van der Waals surface area contributed by atoms with Crippen LogP contribution in [0.2, 0.25) is 0 Å². The minimum atomic E-state index is -0.436. The molecule has 0 spiro atoms. The first-order valence-electron chi connectivity index (χ1n) is 7.83. The molecule has 0 aliphatic carbocycles. The van der Waals surface area contributed by atoms with Gasteiger partial charge in [-0.1, -0.05) is 54.6 Å². The van der Waals surface area contributed by atoms with Crippen molar-refractivity contribution in [1.82, 2.24) is 0 Å². The summed E-state index contributed by atoms with van der Waals surface area (Å²) in [7, 11) is 0. The van der Waals surface area contributed by atoms with Crippen LogP contribution in [-0.2, 0) is 6.42 Å². The molecule has 2 nitrogen and oxygen atoms in total. The molecular formula is C21H18FNO. The molecule has 0 saturated carbocycles. The van der Waals surface area contributed by atoms with Gasteiger partial charge in [0.15, 0.2) is 0 Å². The maximum atomic E-state index is 13.9. The molecule has 0 radical (unpaired) electrons. The Morgan fingerprint density at radius 3 is 2.46 bits per heavy atom. The second kappa shape index (κ2) is 7.09. The van der Waals surface area contributed by atoms with Gasteiger partial charge in [0, 0.05) is 5.56 Å². The molecule has 0 fully saturated rings. The molecule has 3 rings (SSSR count). The molecule has 0 atom stereocenters. The van der Waals surface area contributed by atoms with Crippen LogP contribution >= 0.6 is 0 Å². The predicted octanol–water partition coefficient (Wildman–Crippen LogP) is 4.98. The van der Waals surface area contributed by atoms with Gasteiger partial charge in [0.25, 0.3) is 5.91 Å². The Labute approximate surface area is 141 Å². The summed E-state index contributed by atoms with van der Waals surface area (Å²) in [6.45, 7) is 1.86. The van der Waals surface area contributed by atoms with E-state index in [1.165, 1.54) is 6.07 Å². The Morgan fingerprint density at radius 2 is 1.67 bits per heavy atom. The number of hydrogen-bond donors (Lipinski definition) is 1. The highest BCUT2D eigenvalue weighted by Gasteiger charge is 2.13. The standard InChI is InChI=1S/C21H18FNO/c1-15-11-12-19(22)20(13-15)23-21(24)18-10-6-5-9-17(18)14-16-7-3-2-4-8-16/h2-13H,14H2,1H3,(H,23,24). The van der Waals surface area contributed by atoms with E-state index >= 15 is 0 Å². The molecule has 3 heteroatoms. The maximum absolute atomic E-state index is 13.9. The lowest BCUT2D eigenvalue weighted by Gasteiger charge is -2.11. The fourth-order valence-electron chi connectivity index (χ4n) is 2.64. The first-order valence-corrected chi connectivity index (χ1v) is 7.83. The lowest BCUT2D eigenvalue weighted by atomic mass is 9.99. The number of nitrogens with one attached hydrogen (secondary N) is 1. The monoisotopic (exact) mass is 319 g/mol. The zero-order chi connectivity index (χ0) is 16.9. The molecule has 3 aromatic rings. The van der Waals surface area contributed by atoms with Crippen molar-refractivity contribution in [2.45, 2.75) is 13.3 Å². The van der Waals surface area contributed by atoms with E-state index in [1.807, 2.05) is 55.5 Å². The van der Waals surface area contributed by atoms with E-state index in [-0.39, 0.29) is 11.6 Å². The lowest BCUT2D eigenvalue weighted by Crippen LogP contribution is -2.15. The van der Waals surface area contributed by atoms with Gasteiger partial charge in [0.1, 0.15) is 5.82 Å². The van der Waals surface area contributed by atoms with Crippen molar-refractivity contribution in [2.24, 2.45) is 0 Å². The Morgan fingerprint density at radius 1 is 0.958 bits per heavy atom. The molecule has 120 valence electrons. The summed E-state index contributed by atoms with van der Waals surface area (Å²) in [5.74, 6) is -0.736. The minimum absolute atomic E-state index is 0.203. The average Bonchev–Trinajstić information content (AvgIpc) is 2.59. The number of carbonyl (C=O) groups excluding carboxylic acids is 1. The normalized spacial score (nSPS) is 10.4. The Hall–Kier alpha value is -2.94. The maximum Gasteiger partial charge on any atom is 0.256 e. The van der Waals surface area contributed by atoms with Crippen LogP contribution < -0.4 is 5.32 Å². The van der Waals surface area contributed by atoms with Gasteiger partial charge in [-0.25, -0.2) is 4.39 Å². The summed E-state index contributed by atoms with van der Waals surface area (Å²) < 4.78 is 13.9. The molecule has 0 aromatic heterocycles. The molecule has 0 heterocycles. The fourth-order valence-corrected chi connectivity index (χ4v) is 2.64. The highest BCUT2D eigenvalue weighted by Crippen LogP contribution is 2.19. The first kappa shape index (κ1) is 15.9.